The monoisotopic (exact) mass is 385 g/mol. The lowest BCUT2D eigenvalue weighted by Crippen LogP contribution is -2.35. The minimum absolute atomic E-state index is 0.0378. The Morgan fingerprint density at radius 1 is 1.17 bits per heavy atom. The molecule has 1 aliphatic rings. The summed E-state index contributed by atoms with van der Waals surface area (Å²) in [7, 11) is 0. The Hall–Kier alpha value is -3.38. The molecule has 0 amide bonds. The lowest BCUT2D eigenvalue weighted by atomic mass is 10.0. The fourth-order valence-corrected chi connectivity index (χ4v) is 4.14. The van der Waals surface area contributed by atoms with E-state index in [0.717, 1.165) is 29.9 Å². The van der Waals surface area contributed by atoms with Crippen LogP contribution in [0.2, 0.25) is 0 Å². The molecule has 0 saturated carbocycles. The Kier molecular flexibility index (Phi) is 4.21. The molecule has 0 saturated heterocycles. The minimum Gasteiger partial charge on any atom is -0.399 e. The number of nitrogens with two attached hydrogens (primary N) is 1. The van der Waals surface area contributed by atoms with Crippen molar-refractivity contribution in [2.45, 2.75) is 26.4 Å². The highest BCUT2D eigenvalue weighted by molar-refractivity contribution is 5.85. The van der Waals surface area contributed by atoms with Crippen molar-refractivity contribution in [1.29, 1.82) is 0 Å². The first-order valence-corrected chi connectivity index (χ1v) is 9.84. The van der Waals surface area contributed by atoms with Crippen molar-refractivity contribution in [3.63, 3.8) is 0 Å². The molecule has 0 bridgehead atoms. The van der Waals surface area contributed by atoms with E-state index < -0.39 is 0 Å². The Morgan fingerprint density at radius 2 is 2.00 bits per heavy atom. The van der Waals surface area contributed by atoms with E-state index in [0.29, 0.717) is 24.5 Å². The first-order chi connectivity index (χ1) is 14.1. The number of anilines is 1. The van der Waals surface area contributed by atoms with Gasteiger partial charge >= 0.3 is 0 Å². The van der Waals surface area contributed by atoms with E-state index in [4.69, 9.17) is 10.7 Å². The van der Waals surface area contributed by atoms with Crippen molar-refractivity contribution in [1.82, 2.24) is 19.9 Å². The number of H-pyrrole nitrogens is 2. The molecule has 0 fully saturated rings. The van der Waals surface area contributed by atoms with Gasteiger partial charge in [0.2, 0.25) is 0 Å². The smallest absolute Gasteiger partial charge is 0.254 e. The van der Waals surface area contributed by atoms with E-state index in [1.54, 1.807) is 0 Å². The van der Waals surface area contributed by atoms with Crippen molar-refractivity contribution >= 4 is 16.6 Å². The maximum atomic E-state index is 12.6. The van der Waals surface area contributed by atoms with Gasteiger partial charge < -0.3 is 15.7 Å². The number of benzene rings is 2. The van der Waals surface area contributed by atoms with Crippen molar-refractivity contribution < 1.29 is 0 Å². The van der Waals surface area contributed by atoms with Gasteiger partial charge in [-0.1, -0.05) is 18.2 Å². The van der Waals surface area contributed by atoms with Crippen molar-refractivity contribution in [3.8, 4) is 11.4 Å². The second-order valence-corrected chi connectivity index (χ2v) is 7.73. The molecule has 0 radical (unpaired) electrons. The van der Waals surface area contributed by atoms with Gasteiger partial charge in [0.05, 0.1) is 5.69 Å². The highest BCUT2D eigenvalue weighted by Crippen LogP contribution is 2.25. The van der Waals surface area contributed by atoms with Gasteiger partial charge in [-0.2, -0.15) is 0 Å². The van der Waals surface area contributed by atoms with Crippen LogP contribution < -0.4 is 11.3 Å². The molecular weight excluding hydrogens is 362 g/mol. The van der Waals surface area contributed by atoms with Crippen molar-refractivity contribution in [2.24, 2.45) is 0 Å². The lowest BCUT2D eigenvalue weighted by Gasteiger charge is -2.27. The highest BCUT2D eigenvalue weighted by atomic mass is 16.1. The number of rotatable bonds is 3. The number of nitrogens with one attached hydrogen (secondary N) is 2. The van der Waals surface area contributed by atoms with Gasteiger partial charge in [0.1, 0.15) is 5.82 Å². The van der Waals surface area contributed by atoms with Gasteiger partial charge in [0.15, 0.2) is 0 Å². The van der Waals surface area contributed by atoms with Crippen LogP contribution in [0.3, 0.4) is 0 Å². The number of nitrogen functional groups attached to an aromatic ring is 1. The summed E-state index contributed by atoms with van der Waals surface area (Å²) in [5, 5.41) is 1.26. The Labute approximate surface area is 168 Å². The summed E-state index contributed by atoms with van der Waals surface area (Å²) in [6.07, 6.45) is 2.80. The standard InChI is InChI=1S/C23H23N5O/c1-14-3-2-4-18-16(11-25-21(14)18)12-28-10-9-19-20(13-28)26-22(27-23(19)29)15-5-7-17(24)8-6-15/h2-8,11,25H,9-10,12-13,24H2,1H3,(H,26,27,29). The molecule has 2 aromatic heterocycles. The van der Waals surface area contributed by atoms with Gasteiger partial charge in [-0.25, -0.2) is 4.98 Å². The molecule has 4 N–H and O–H groups in total. The number of aromatic amines is 2. The van der Waals surface area contributed by atoms with Gasteiger partial charge in [-0.3, -0.25) is 9.69 Å². The van der Waals surface area contributed by atoms with Crippen LogP contribution >= 0.6 is 0 Å². The summed E-state index contributed by atoms with van der Waals surface area (Å²) in [5.74, 6) is 0.596. The molecule has 6 nitrogen and oxygen atoms in total. The molecule has 2 aromatic carbocycles. The van der Waals surface area contributed by atoms with Crippen LogP contribution in [-0.4, -0.2) is 26.4 Å². The maximum absolute atomic E-state index is 12.6. The molecule has 6 heteroatoms. The van der Waals surface area contributed by atoms with Crippen LogP contribution in [0.4, 0.5) is 5.69 Å². The second-order valence-electron chi connectivity index (χ2n) is 7.73. The second kappa shape index (κ2) is 6.90. The first kappa shape index (κ1) is 17.7. The molecule has 0 aliphatic carbocycles. The summed E-state index contributed by atoms with van der Waals surface area (Å²) < 4.78 is 0. The molecule has 0 atom stereocenters. The van der Waals surface area contributed by atoms with Crippen molar-refractivity contribution in [2.75, 3.05) is 12.3 Å². The predicted molar refractivity (Wildman–Crippen MR) is 116 cm³/mol. The molecule has 5 rings (SSSR count). The number of aromatic nitrogens is 3. The van der Waals surface area contributed by atoms with E-state index in [2.05, 4.69) is 46.2 Å². The number of nitrogens with zero attached hydrogens (tertiary/aromatic N) is 2. The minimum atomic E-state index is -0.0378. The third-order valence-corrected chi connectivity index (χ3v) is 5.74. The molecule has 4 aromatic rings. The quantitative estimate of drug-likeness (QED) is 0.472. The largest absolute Gasteiger partial charge is 0.399 e. The normalized spacial score (nSPS) is 14.2. The average Bonchev–Trinajstić information content (AvgIpc) is 3.12. The summed E-state index contributed by atoms with van der Waals surface area (Å²) in [6.45, 7) is 4.46. The molecule has 146 valence electrons. The third kappa shape index (κ3) is 3.21. The first-order valence-electron chi connectivity index (χ1n) is 9.84. The number of para-hydroxylation sites is 1. The lowest BCUT2D eigenvalue weighted by molar-refractivity contribution is 0.241. The molecule has 3 heterocycles. The average molecular weight is 385 g/mol. The molecular formula is C23H23N5O. The van der Waals surface area contributed by atoms with Crippen LogP contribution in [-0.2, 0) is 19.5 Å². The van der Waals surface area contributed by atoms with Crippen LogP contribution in [0.1, 0.15) is 22.4 Å². The van der Waals surface area contributed by atoms with Gasteiger partial charge in [-0.15, -0.1) is 0 Å². The fraction of sp³-hybridized carbons (Fsp3) is 0.217. The van der Waals surface area contributed by atoms with E-state index in [1.165, 1.54) is 22.0 Å². The van der Waals surface area contributed by atoms with Crippen LogP contribution in [0.15, 0.2) is 53.5 Å². The highest BCUT2D eigenvalue weighted by Gasteiger charge is 2.22. The zero-order chi connectivity index (χ0) is 20.0. The summed E-state index contributed by atoms with van der Waals surface area (Å²) in [6, 6.07) is 13.8. The molecule has 1 aliphatic heterocycles. The fourth-order valence-electron chi connectivity index (χ4n) is 4.14. The van der Waals surface area contributed by atoms with Gasteiger partial charge in [0.25, 0.3) is 5.56 Å². The summed E-state index contributed by atoms with van der Waals surface area (Å²) in [5.41, 5.74) is 12.7. The number of hydrogen-bond donors (Lipinski definition) is 3. The van der Waals surface area contributed by atoms with E-state index in [1.807, 2.05) is 24.3 Å². The molecule has 29 heavy (non-hydrogen) atoms. The van der Waals surface area contributed by atoms with Crippen molar-refractivity contribution in [3.05, 3.63) is 81.4 Å². The van der Waals surface area contributed by atoms with Crippen LogP contribution in [0.5, 0.6) is 0 Å². The van der Waals surface area contributed by atoms with Crippen LogP contribution in [0, 0.1) is 6.92 Å². The van der Waals surface area contributed by atoms with Gasteiger partial charge in [-0.05, 0) is 48.7 Å². The SMILES string of the molecule is Cc1cccc2c(CN3CCc4c(nc(-c5ccc(N)cc5)[nH]c4=O)C3)c[nH]c12. The van der Waals surface area contributed by atoms with E-state index >= 15 is 0 Å². The third-order valence-electron chi connectivity index (χ3n) is 5.74. The van der Waals surface area contributed by atoms with E-state index in [9.17, 15) is 4.79 Å². The predicted octanol–water partition coefficient (Wildman–Crippen LogP) is 3.37. The molecule has 0 spiro atoms. The summed E-state index contributed by atoms with van der Waals surface area (Å²) >= 11 is 0. The topological polar surface area (TPSA) is 90.8 Å². The zero-order valence-electron chi connectivity index (χ0n) is 16.3. The zero-order valence-corrected chi connectivity index (χ0v) is 16.3. The number of hydrogen-bond acceptors (Lipinski definition) is 4. The Bertz CT molecular complexity index is 1250. The number of fused-ring (bicyclic) bond motifs is 2. The van der Waals surface area contributed by atoms with Crippen LogP contribution in [0.25, 0.3) is 22.3 Å². The Balaban J connectivity index is 1.44. The van der Waals surface area contributed by atoms with E-state index in [-0.39, 0.29) is 5.56 Å². The Morgan fingerprint density at radius 3 is 2.83 bits per heavy atom. The maximum Gasteiger partial charge on any atom is 0.254 e. The summed E-state index contributed by atoms with van der Waals surface area (Å²) in [4.78, 5) is 26.1. The molecule has 0 unspecified atom stereocenters. The van der Waals surface area contributed by atoms with Gasteiger partial charge in [0, 0.05) is 53.5 Å². The number of aryl methyl sites for hydroxylation is 1.